The molecule has 1 saturated heterocycles. The van der Waals surface area contributed by atoms with Crippen LogP contribution in [0.3, 0.4) is 0 Å². The van der Waals surface area contributed by atoms with Crippen LogP contribution in [-0.2, 0) is 4.74 Å². The molecule has 1 aliphatic carbocycles. The van der Waals surface area contributed by atoms with Gasteiger partial charge in [0, 0.05) is 31.7 Å². The molecule has 2 rings (SSSR count). The first-order valence-electron chi connectivity index (χ1n) is 6.81. The van der Waals surface area contributed by atoms with E-state index >= 15 is 0 Å². The van der Waals surface area contributed by atoms with Crippen molar-refractivity contribution in [2.75, 3.05) is 32.8 Å². The van der Waals surface area contributed by atoms with E-state index in [0.29, 0.717) is 12.1 Å². The van der Waals surface area contributed by atoms with Crippen molar-refractivity contribution in [3.8, 4) is 0 Å². The van der Waals surface area contributed by atoms with Crippen molar-refractivity contribution in [3.63, 3.8) is 0 Å². The van der Waals surface area contributed by atoms with Gasteiger partial charge >= 0.3 is 0 Å². The third-order valence-corrected chi connectivity index (χ3v) is 3.78. The van der Waals surface area contributed by atoms with Gasteiger partial charge in [-0.25, -0.2) is 0 Å². The quantitative estimate of drug-likeness (QED) is 0.742. The summed E-state index contributed by atoms with van der Waals surface area (Å²) in [6.07, 6.45) is 4.30. The molecule has 1 heterocycles. The van der Waals surface area contributed by atoms with E-state index in [4.69, 9.17) is 4.74 Å². The van der Waals surface area contributed by atoms with Crippen LogP contribution in [-0.4, -0.2) is 49.8 Å². The Morgan fingerprint density at radius 3 is 2.94 bits per heavy atom. The number of morpholine rings is 1. The molecule has 0 bridgehead atoms. The molecule has 0 aromatic rings. The average Bonchev–Trinajstić information content (AvgIpc) is 3.05. The highest BCUT2D eigenvalue weighted by Gasteiger charge is 2.23. The lowest BCUT2D eigenvalue weighted by atomic mass is 10.1. The Hall–Kier alpha value is -0.120. The maximum Gasteiger partial charge on any atom is 0.0619 e. The van der Waals surface area contributed by atoms with Crippen molar-refractivity contribution in [1.82, 2.24) is 10.2 Å². The minimum absolute atomic E-state index is 0.592. The highest BCUT2D eigenvalue weighted by atomic mass is 16.5. The summed E-state index contributed by atoms with van der Waals surface area (Å²) in [7, 11) is 0. The molecule has 0 aromatic carbocycles. The lowest BCUT2D eigenvalue weighted by molar-refractivity contribution is 0.000180. The van der Waals surface area contributed by atoms with Crippen LogP contribution in [0.1, 0.15) is 33.1 Å². The van der Waals surface area contributed by atoms with Gasteiger partial charge in [-0.1, -0.05) is 12.8 Å². The van der Waals surface area contributed by atoms with E-state index in [2.05, 4.69) is 24.1 Å². The zero-order valence-corrected chi connectivity index (χ0v) is 10.7. The van der Waals surface area contributed by atoms with Crippen LogP contribution in [0.25, 0.3) is 0 Å². The fourth-order valence-electron chi connectivity index (χ4n) is 2.49. The van der Waals surface area contributed by atoms with Gasteiger partial charge in [-0.3, -0.25) is 4.90 Å². The molecular formula is C13H26N2O. The number of nitrogens with zero attached hydrogens (tertiary/aromatic N) is 1. The third kappa shape index (κ3) is 4.04. The highest BCUT2D eigenvalue weighted by molar-refractivity contribution is 4.78. The summed E-state index contributed by atoms with van der Waals surface area (Å²) in [6.45, 7) is 9.77. The second-order valence-corrected chi connectivity index (χ2v) is 5.49. The molecule has 0 radical (unpaired) electrons. The Kier molecular flexibility index (Phi) is 4.62. The summed E-state index contributed by atoms with van der Waals surface area (Å²) < 4.78 is 5.44. The normalized spacial score (nSPS) is 29.2. The third-order valence-electron chi connectivity index (χ3n) is 3.78. The molecule has 0 aromatic heterocycles. The molecule has 3 nitrogen and oxygen atoms in total. The molecule has 16 heavy (non-hydrogen) atoms. The van der Waals surface area contributed by atoms with Gasteiger partial charge < -0.3 is 10.1 Å². The van der Waals surface area contributed by atoms with Crippen molar-refractivity contribution in [2.45, 2.75) is 45.2 Å². The first-order valence-corrected chi connectivity index (χ1v) is 6.81. The monoisotopic (exact) mass is 226 g/mol. The Bertz CT molecular complexity index is 206. The lowest BCUT2D eigenvalue weighted by Crippen LogP contribution is -2.47. The smallest absolute Gasteiger partial charge is 0.0619 e. The van der Waals surface area contributed by atoms with Crippen LogP contribution in [0.2, 0.25) is 0 Å². The van der Waals surface area contributed by atoms with E-state index < -0.39 is 0 Å². The molecule has 2 unspecified atom stereocenters. The number of hydrogen-bond acceptors (Lipinski definition) is 3. The second-order valence-electron chi connectivity index (χ2n) is 5.49. The average molecular weight is 226 g/mol. The minimum Gasteiger partial charge on any atom is -0.379 e. The molecule has 2 aliphatic rings. The van der Waals surface area contributed by atoms with Crippen LogP contribution in [0, 0.1) is 5.92 Å². The van der Waals surface area contributed by atoms with Gasteiger partial charge in [0.15, 0.2) is 0 Å². The molecule has 0 amide bonds. The summed E-state index contributed by atoms with van der Waals surface area (Å²) in [4.78, 5) is 2.53. The van der Waals surface area contributed by atoms with Gasteiger partial charge in [-0.2, -0.15) is 0 Å². The van der Waals surface area contributed by atoms with Gasteiger partial charge in [-0.15, -0.1) is 0 Å². The van der Waals surface area contributed by atoms with Crippen LogP contribution < -0.4 is 5.32 Å². The van der Waals surface area contributed by atoms with Gasteiger partial charge in [-0.05, 0) is 26.2 Å². The number of hydrogen-bond donors (Lipinski definition) is 1. The van der Waals surface area contributed by atoms with E-state index in [9.17, 15) is 0 Å². The largest absolute Gasteiger partial charge is 0.379 e. The van der Waals surface area contributed by atoms with E-state index in [-0.39, 0.29) is 0 Å². The van der Waals surface area contributed by atoms with Crippen LogP contribution in [0.4, 0.5) is 0 Å². The van der Waals surface area contributed by atoms with Crippen LogP contribution in [0.15, 0.2) is 0 Å². The Morgan fingerprint density at radius 1 is 1.44 bits per heavy atom. The lowest BCUT2D eigenvalue weighted by Gasteiger charge is -2.33. The first-order chi connectivity index (χ1) is 7.75. The molecule has 0 spiro atoms. The summed E-state index contributed by atoms with van der Waals surface area (Å²) in [6, 6.07) is 1.29. The van der Waals surface area contributed by atoms with E-state index in [1.54, 1.807) is 0 Å². The predicted octanol–water partition coefficient (Wildman–Crippen LogP) is 1.49. The molecule has 94 valence electrons. The topological polar surface area (TPSA) is 24.5 Å². The van der Waals surface area contributed by atoms with E-state index in [1.165, 1.54) is 25.8 Å². The van der Waals surface area contributed by atoms with Crippen molar-refractivity contribution >= 4 is 0 Å². The SMILES string of the molecule is CC(CC1CC1)NCCN1CCOCC1C. The standard InChI is InChI=1S/C13H26N2O/c1-11(9-13-3-4-13)14-5-6-15-7-8-16-10-12(15)2/h11-14H,3-10H2,1-2H3. The Labute approximate surface area is 99.5 Å². The molecule has 1 N–H and O–H groups in total. The Morgan fingerprint density at radius 2 is 2.25 bits per heavy atom. The van der Waals surface area contributed by atoms with Crippen LogP contribution >= 0.6 is 0 Å². The maximum absolute atomic E-state index is 5.44. The van der Waals surface area contributed by atoms with E-state index in [0.717, 1.165) is 32.2 Å². The Balaban J connectivity index is 1.55. The summed E-state index contributed by atoms with van der Waals surface area (Å²) in [5.74, 6) is 1.03. The zero-order valence-electron chi connectivity index (χ0n) is 10.7. The molecule has 3 heteroatoms. The van der Waals surface area contributed by atoms with Crippen LogP contribution in [0.5, 0.6) is 0 Å². The van der Waals surface area contributed by atoms with Crippen molar-refractivity contribution in [2.24, 2.45) is 5.92 Å². The predicted molar refractivity (Wildman–Crippen MR) is 66.7 cm³/mol. The number of ether oxygens (including phenoxy) is 1. The fraction of sp³-hybridized carbons (Fsp3) is 1.00. The van der Waals surface area contributed by atoms with Gasteiger partial charge in [0.25, 0.3) is 0 Å². The zero-order chi connectivity index (χ0) is 11.4. The molecule has 2 fully saturated rings. The van der Waals surface area contributed by atoms with Crippen molar-refractivity contribution in [1.29, 1.82) is 0 Å². The molecule has 2 atom stereocenters. The minimum atomic E-state index is 0.592. The molecular weight excluding hydrogens is 200 g/mol. The fourth-order valence-corrected chi connectivity index (χ4v) is 2.49. The number of rotatable bonds is 6. The molecule has 1 saturated carbocycles. The number of nitrogens with one attached hydrogen (secondary N) is 1. The maximum atomic E-state index is 5.44. The van der Waals surface area contributed by atoms with E-state index in [1.807, 2.05) is 0 Å². The summed E-state index contributed by atoms with van der Waals surface area (Å²) in [5.41, 5.74) is 0. The molecule has 1 aliphatic heterocycles. The summed E-state index contributed by atoms with van der Waals surface area (Å²) in [5, 5.41) is 3.64. The second kappa shape index (κ2) is 5.99. The summed E-state index contributed by atoms with van der Waals surface area (Å²) >= 11 is 0. The van der Waals surface area contributed by atoms with Crippen molar-refractivity contribution < 1.29 is 4.74 Å². The van der Waals surface area contributed by atoms with Crippen molar-refractivity contribution in [3.05, 3.63) is 0 Å². The van der Waals surface area contributed by atoms with Gasteiger partial charge in [0.1, 0.15) is 0 Å². The van der Waals surface area contributed by atoms with Gasteiger partial charge in [0.2, 0.25) is 0 Å². The van der Waals surface area contributed by atoms with Gasteiger partial charge in [0.05, 0.1) is 13.2 Å². The highest BCUT2D eigenvalue weighted by Crippen LogP contribution is 2.33. The first kappa shape index (κ1) is 12.3.